The summed E-state index contributed by atoms with van der Waals surface area (Å²) in [5, 5.41) is 4.84. The van der Waals surface area contributed by atoms with Crippen molar-refractivity contribution in [3.8, 4) is 0 Å². The van der Waals surface area contributed by atoms with Gasteiger partial charge in [0.15, 0.2) is 0 Å². The zero-order chi connectivity index (χ0) is 18.3. The number of aromatic nitrogens is 2. The fourth-order valence-corrected chi connectivity index (χ4v) is 2.81. The van der Waals surface area contributed by atoms with E-state index < -0.39 is 34.8 Å². The summed E-state index contributed by atoms with van der Waals surface area (Å²) in [4.78, 5) is 48.6. The molecule has 1 aromatic carbocycles. The Balaban J connectivity index is 1.92. The summed E-state index contributed by atoms with van der Waals surface area (Å²) < 4.78 is 15.6. The quantitative estimate of drug-likeness (QED) is 0.834. The van der Waals surface area contributed by atoms with Crippen LogP contribution in [-0.2, 0) is 23.7 Å². The molecule has 8 nitrogen and oxygen atoms in total. The molecule has 25 heavy (non-hydrogen) atoms. The van der Waals surface area contributed by atoms with Crippen molar-refractivity contribution in [3.05, 3.63) is 56.5 Å². The lowest BCUT2D eigenvalue weighted by molar-refractivity contribution is -0.122. The summed E-state index contributed by atoms with van der Waals surface area (Å²) in [7, 11) is 2.72. The van der Waals surface area contributed by atoms with Crippen LogP contribution in [0.3, 0.4) is 0 Å². The molecule has 2 amide bonds. The van der Waals surface area contributed by atoms with E-state index in [0.717, 1.165) is 9.13 Å². The van der Waals surface area contributed by atoms with Gasteiger partial charge < -0.3 is 10.6 Å². The van der Waals surface area contributed by atoms with E-state index >= 15 is 0 Å². The van der Waals surface area contributed by atoms with Gasteiger partial charge >= 0.3 is 5.69 Å². The number of carbonyl (C=O) groups excluding carboxylic acids is 2. The van der Waals surface area contributed by atoms with E-state index in [1.807, 2.05) is 0 Å². The van der Waals surface area contributed by atoms with Gasteiger partial charge in [-0.3, -0.25) is 23.5 Å². The summed E-state index contributed by atoms with van der Waals surface area (Å²) in [5.74, 6) is -2.74. The molecule has 2 N–H and O–H groups in total. The lowest BCUT2D eigenvalue weighted by Gasteiger charge is -2.11. The highest BCUT2D eigenvalue weighted by Gasteiger charge is 2.37. The maximum atomic E-state index is 13.6. The number of nitrogens with zero attached hydrogens (tertiary/aromatic N) is 2. The highest BCUT2D eigenvalue weighted by atomic mass is 19.1. The molecule has 9 heteroatoms. The van der Waals surface area contributed by atoms with E-state index in [9.17, 15) is 23.6 Å². The number of para-hydroxylation sites is 1. The van der Waals surface area contributed by atoms with Crippen LogP contribution in [0.4, 0.5) is 15.9 Å². The third kappa shape index (κ3) is 2.73. The van der Waals surface area contributed by atoms with Crippen molar-refractivity contribution in [1.82, 2.24) is 9.13 Å². The van der Waals surface area contributed by atoms with E-state index in [1.54, 1.807) is 6.07 Å². The normalized spacial score (nSPS) is 15.6. The predicted octanol–water partition coefficient (Wildman–Crippen LogP) is 0.288. The Kier molecular flexibility index (Phi) is 3.99. The van der Waals surface area contributed by atoms with Crippen LogP contribution >= 0.6 is 0 Å². The third-order valence-electron chi connectivity index (χ3n) is 4.14. The number of amides is 2. The minimum Gasteiger partial charge on any atom is -0.324 e. The van der Waals surface area contributed by atoms with Crippen LogP contribution in [0.2, 0.25) is 0 Å². The van der Waals surface area contributed by atoms with Crippen molar-refractivity contribution in [1.29, 1.82) is 0 Å². The van der Waals surface area contributed by atoms with Crippen molar-refractivity contribution in [3.63, 3.8) is 0 Å². The number of benzene rings is 1. The van der Waals surface area contributed by atoms with Crippen molar-refractivity contribution in [2.45, 2.75) is 12.3 Å². The zero-order valence-corrected chi connectivity index (χ0v) is 13.5. The number of carbonyl (C=O) groups is 2. The summed E-state index contributed by atoms with van der Waals surface area (Å²) in [6.07, 6.45) is -0.347. The maximum Gasteiger partial charge on any atom is 0.332 e. The first kappa shape index (κ1) is 16.6. The maximum absolute atomic E-state index is 13.6. The van der Waals surface area contributed by atoms with Gasteiger partial charge in [-0.05, 0) is 12.1 Å². The molecule has 0 spiro atoms. The van der Waals surface area contributed by atoms with Gasteiger partial charge in [-0.1, -0.05) is 12.1 Å². The van der Waals surface area contributed by atoms with Crippen LogP contribution in [-0.4, -0.2) is 20.9 Å². The molecule has 0 saturated heterocycles. The molecule has 130 valence electrons. The smallest absolute Gasteiger partial charge is 0.324 e. The Hall–Kier alpha value is -3.23. The molecule has 0 bridgehead atoms. The zero-order valence-electron chi connectivity index (χ0n) is 13.5. The Morgan fingerprint density at radius 2 is 1.88 bits per heavy atom. The molecule has 0 fully saturated rings. The van der Waals surface area contributed by atoms with Crippen LogP contribution in [0.5, 0.6) is 0 Å². The molecule has 0 radical (unpaired) electrons. The van der Waals surface area contributed by atoms with E-state index in [4.69, 9.17) is 0 Å². The number of anilines is 2. The summed E-state index contributed by atoms with van der Waals surface area (Å²) in [6, 6.07) is 5.62. The number of rotatable bonds is 3. The van der Waals surface area contributed by atoms with Crippen molar-refractivity contribution < 1.29 is 14.0 Å². The van der Waals surface area contributed by atoms with Crippen LogP contribution in [0.1, 0.15) is 17.9 Å². The predicted molar refractivity (Wildman–Crippen MR) is 87.9 cm³/mol. The summed E-state index contributed by atoms with van der Waals surface area (Å²) in [6.45, 7) is 0. The van der Waals surface area contributed by atoms with Crippen molar-refractivity contribution >= 4 is 23.3 Å². The first-order valence-corrected chi connectivity index (χ1v) is 7.46. The Labute approximate surface area is 140 Å². The number of halogens is 1. The van der Waals surface area contributed by atoms with Crippen LogP contribution in [0.15, 0.2) is 33.9 Å². The van der Waals surface area contributed by atoms with Crippen LogP contribution < -0.4 is 21.9 Å². The topological polar surface area (TPSA) is 102 Å². The van der Waals surface area contributed by atoms with Gasteiger partial charge in [0.2, 0.25) is 11.8 Å². The van der Waals surface area contributed by atoms with Gasteiger partial charge in [0.25, 0.3) is 5.56 Å². The lowest BCUT2D eigenvalue weighted by Crippen LogP contribution is -2.39. The van der Waals surface area contributed by atoms with Gasteiger partial charge in [0.1, 0.15) is 11.6 Å². The number of hydrogen-bond acceptors (Lipinski definition) is 4. The van der Waals surface area contributed by atoms with Gasteiger partial charge in [-0.25, -0.2) is 9.18 Å². The fraction of sp³-hybridized carbons (Fsp3) is 0.250. The third-order valence-corrected chi connectivity index (χ3v) is 4.14. The van der Waals surface area contributed by atoms with Crippen molar-refractivity contribution in [2.75, 3.05) is 10.6 Å². The van der Waals surface area contributed by atoms with Crippen LogP contribution in [0, 0.1) is 5.82 Å². The molecular weight excluding hydrogens is 331 g/mol. The SMILES string of the molecule is Cn1c2c(c(=O)n(C)c1=O)[C@H](CC(=O)Nc1ccccc1F)C(=O)N2. The molecule has 1 aliphatic rings. The molecule has 0 saturated carbocycles. The molecule has 0 unspecified atom stereocenters. The largest absolute Gasteiger partial charge is 0.332 e. The van der Waals surface area contributed by atoms with E-state index in [-0.39, 0.29) is 23.5 Å². The van der Waals surface area contributed by atoms with E-state index in [1.165, 1.54) is 32.3 Å². The summed E-state index contributed by atoms with van der Waals surface area (Å²) in [5.41, 5.74) is -1.18. The molecular formula is C16H15FN4O4. The van der Waals surface area contributed by atoms with Crippen LogP contribution in [0.25, 0.3) is 0 Å². The first-order chi connectivity index (χ1) is 11.8. The van der Waals surface area contributed by atoms with E-state index in [0.29, 0.717) is 0 Å². The second-order valence-electron chi connectivity index (χ2n) is 5.74. The molecule has 0 aliphatic carbocycles. The van der Waals surface area contributed by atoms with Gasteiger partial charge in [-0.15, -0.1) is 0 Å². The van der Waals surface area contributed by atoms with Gasteiger partial charge in [0.05, 0.1) is 17.2 Å². The Morgan fingerprint density at radius 3 is 2.56 bits per heavy atom. The van der Waals surface area contributed by atoms with E-state index in [2.05, 4.69) is 10.6 Å². The Morgan fingerprint density at radius 1 is 1.20 bits per heavy atom. The second-order valence-corrected chi connectivity index (χ2v) is 5.74. The lowest BCUT2D eigenvalue weighted by atomic mass is 9.99. The average molecular weight is 346 g/mol. The average Bonchev–Trinajstić information content (AvgIpc) is 2.90. The number of fused-ring (bicyclic) bond motifs is 1. The molecule has 2 aromatic rings. The number of nitrogens with one attached hydrogen (secondary N) is 2. The minimum atomic E-state index is -1.05. The first-order valence-electron chi connectivity index (χ1n) is 7.46. The molecule has 2 heterocycles. The van der Waals surface area contributed by atoms with Gasteiger partial charge in [-0.2, -0.15) is 0 Å². The minimum absolute atomic E-state index is 0.0144. The highest BCUT2D eigenvalue weighted by molar-refractivity contribution is 6.05. The molecule has 1 aliphatic heterocycles. The van der Waals surface area contributed by atoms with Crippen molar-refractivity contribution in [2.24, 2.45) is 14.1 Å². The molecule has 3 rings (SSSR count). The fourth-order valence-electron chi connectivity index (χ4n) is 2.81. The number of hydrogen-bond donors (Lipinski definition) is 2. The monoisotopic (exact) mass is 346 g/mol. The summed E-state index contributed by atoms with van der Waals surface area (Å²) >= 11 is 0. The molecule has 1 atom stereocenters. The highest BCUT2D eigenvalue weighted by Crippen LogP contribution is 2.31. The standard InChI is InChI=1S/C16H15FN4O4/c1-20-13-12(15(24)21(2)16(20)25)8(14(23)19-13)7-11(22)18-10-6-4-3-5-9(10)17/h3-6,8H,7H2,1-2H3,(H,18,22)(H,19,23)/t8-/m0/s1. The molecule has 1 aromatic heterocycles. The Bertz CT molecular complexity index is 1010. The second kappa shape index (κ2) is 6.00. The van der Waals surface area contributed by atoms with Gasteiger partial charge in [0, 0.05) is 20.5 Å².